The zero-order chi connectivity index (χ0) is 39.4. The lowest BCUT2D eigenvalue weighted by molar-refractivity contribution is 0.00908. The van der Waals surface area contributed by atoms with E-state index in [0.717, 1.165) is 67.1 Å². The summed E-state index contributed by atoms with van der Waals surface area (Å²) in [6, 6.07) is 51.8. The van der Waals surface area contributed by atoms with Gasteiger partial charge >= 0.3 is 12.1 Å². The Kier molecular flexibility index (Phi) is 12.7. The van der Waals surface area contributed by atoms with Gasteiger partial charge in [-0.05, 0) is 85.3 Å². The van der Waals surface area contributed by atoms with E-state index in [1.165, 1.54) is 0 Å². The van der Waals surface area contributed by atoms with Gasteiger partial charge in [0.15, 0.2) is 0 Å². The molecule has 0 saturated heterocycles. The van der Waals surface area contributed by atoms with Crippen molar-refractivity contribution >= 4 is 0 Å². The van der Waals surface area contributed by atoms with Gasteiger partial charge in [0, 0.05) is 32.3 Å². The second-order valence-corrected chi connectivity index (χ2v) is 13.5. The Hall–Kier alpha value is -6.58. The molecule has 0 fully saturated rings. The Morgan fingerprint density at radius 2 is 0.696 bits per heavy atom. The number of rotatable bonds is 15. The molecule has 8 nitrogen and oxygen atoms in total. The fraction of sp³-hybridized carbons (Fsp3) is 0.208. The third kappa shape index (κ3) is 8.53. The number of ether oxygens (including phenoxy) is 4. The molecule has 0 amide bonds. The van der Waals surface area contributed by atoms with Crippen LogP contribution < -0.4 is 9.47 Å². The molecule has 0 aliphatic carbocycles. The summed E-state index contributed by atoms with van der Waals surface area (Å²) >= 11 is 0. The highest BCUT2D eigenvalue weighted by atomic mass is 16.5. The van der Waals surface area contributed by atoms with Crippen molar-refractivity contribution in [2.24, 2.45) is 0 Å². The fourth-order valence-corrected chi connectivity index (χ4v) is 7.18. The summed E-state index contributed by atoms with van der Waals surface area (Å²) in [6.07, 6.45) is 0. The van der Waals surface area contributed by atoms with Gasteiger partial charge in [0.05, 0.1) is 13.2 Å². The molecule has 8 heteroatoms. The Balaban J connectivity index is 1.13. The standard InChI is InChI=1S/C48H44N2O6/c1-35-29-39(30-36(2)45(35)53-25-27-55-47(33-49-51,41-17-9-5-10-18-41)42-19-11-6-12-20-42)40-31-37(3)46(38(4)32-40)54-26-28-56-48(34-50-52,43-21-13-7-14-22-43)44-23-15-8-16-24-44/h5-24,29-32H,25-28H2,1-4H3. The predicted octanol–water partition coefficient (Wildman–Crippen LogP) is 10.9. The van der Waals surface area contributed by atoms with Crippen LogP contribution in [0.4, 0.5) is 0 Å². The van der Waals surface area contributed by atoms with Gasteiger partial charge in [-0.3, -0.25) is 0 Å². The van der Waals surface area contributed by atoms with E-state index >= 15 is 0 Å². The van der Waals surface area contributed by atoms with Crippen molar-refractivity contribution in [3.63, 3.8) is 0 Å². The first kappa shape index (κ1) is 39.1. The molecular formula is C48H44N2O6. The Morgan fingerprint density at radius 3 is 0.946 bits per heavy atom. The van der Waals surface area contributed by atoms with E-state index in [9.17, 15) is 10.4 Å². The van der Waals surface area contributed by atoms with E-state index in [1.54, 1.807) is 0 Å². The van der Waals surface area contributed by atoms with Gasteiger partial charge in [-0.2, -0.15) is 0 Å². The Labute approximate surface area is 328 Å². The Bertz CT molecular complexity index is 2050. The van der Waals surface area contributed by atoms with Crippen LogP contribution in [0, 0.1) is 50.2 Å². The second kappa shape index (κ2) is 18.2. The highest BCUT2D eigenvalue weighted by Crippen LogP contribution is 2.37. The molecule has 0 bridgehead atoms. The first-order valence-corrected chi connectivity index (χ1v) is 18.5. The third-order valence-electron chi connectivity index (χ3n) is 9.68. The van der Waals surface area contributed by atoms with Gasteiger partial charge < -0.3 is 29.4 Å². The predicted molar refractivity (Wildman–Crippen MR) is 222 cm³/mol. The van der Waals surface area contributed by atoms with Crippen LogP contribution >= 0.6 is 0 Å². The smallest absolute Gasteiger partial charge is 0.344 e. The van der Waals surface area contributed by atoms with Crippen molar-refractivity contribution < 1.29 is 18.9 Å². The van der Waals surface area contributed by atoms with Crippen molar-refractivity contribution in [2.45, 2.75) is 38.9 Å². The van der Waals surface area contributed by atoms with Crippen molar-refractivity contribution in [1.82, 2.24) is 0 Å². The number of benzene rings is 6. The summed E-state index contributed by atoms with van der Waals surface area (Å²) in [5.74, 6) is 1.55. The third-order valence-corrected chi connectivity index (χ3v) is 9.68. The highest BCUT2D eigenvalue weighted by molar-refractivity contribution is 5.70. The normalized spacial score (nSPS) is 11.1. The molecule has 0 N–H and O–H groups in total. The number of hydrogen-bond donors (Lipinski definition) is 0. The van der Waals surface area contributed by atoms with Crippen molar-refractivity contribution in [3.05, 3.63) is 211 Å². The van der Waals surface area contributed by atoms with E-state index in [-0.39, 0.29) is 26.4 Å². The Morgan fingerprint density at radius 1 is 0.429 bits per heavy atom. The zero-order valence-electron chi connectivity index (χ0n) is 32.0. The van der Waals surface area contributed by atoms with Crippen LogP contribution in [-0.2, 0) is 20.7 Å². The van der Waals surface area contributed by atoms with Crippen LogP contribution in [0.25, 0.3) is 21.1 Å². The number of nitrogens with zero attached hydrogens (tertiary/aromatic N) is 2. The van der Waals surface area contributed by atoms with E-state index in [4.69, 9.17) is 18.9 Å². The largest absolute Gasteiger partial charge is 0.498 e. The highest BCUT2D eigenvalue weighted by Gasteiger charge is 2.41. The summed E-state index contributed by atoms with van der Waals surface area (Å²) in [4.78, 5) is 0. The van der Waals surface area contributed by atoms with E-state index < -0.39 is 11.2 Å². The fourth-order valence-electron chi connectivity index (χ4n) is 7.18. The van der Waals surface area contributed by atoms with Crippen LogP contribution in [-0.4, -0.2) is 26.4 Å². The second-order valence-electron chi connectivity index (χ2n) is 13.5. The topological polar surface area (TPSA) is 91.8 Å². The molecule has 0 atom stereocenters. The van der Waals surface area contributed by atoms with Crippen molar-refractivity contribution in [1.29, 1.82) is 0 Å². The van der Waals surface area contributed by atoms with Crippen molar-refractivity contribution in [3.8, 4) is 34.8 Å². The summed E-state index contributed by atoms with van der Waals surface area (Å²) in [6.45, 7) is 8.97. The minimum Gasteiger partial charge on any atom is -0.498 e. The van der Waals surface area contributed by atoms with E-state index in [1.807, 2.05) is 149 Å². The first-order valence-electron chi connectivity index (χ1n) is 18.5. The maximum absolute atomic E-state index is 11.6. The molecule has 0 aromatic heterocycles. The summed E-state index contributed by atoms with van der Waals surface area (Å²) < 4.78 is 25.4. The molecule has 6 aromatic carbocycles. The maximum atomic E-state index is 11.6. The summed E-state index contributed by atoms with van der Waals surface area (Å²) in [5, 5.41) is 29.3. The van der Waals surface area contributed by atoms with Crippen LogP contribution in [0.2, 0.25) is 0 Å². The number of hydrogen-bond acceptors (Lipinski definition) is 6. The molecule has 0 radical (unpaired) electrons. The van der Waals surface area contributed by atoms with E-state index in [2.05, 4.69) is 46.4 Å². The lowest BCUT2D eigenvalue weighted by Crippen LogP contribution is -2.31. The molecule has 0 heterocycles. The van der Waals surface area contributed by atoms with E-state index in [0.29, 0.717) is 0 Å². The molecule has 0 saturated carbocycles. The lowest BCUT2D eigenvalue weighted by Gasteiger charge is -2.26. The molecule has 6 aromatic rings. The average Bonchev–Trinajstić information content (AvgIpc) is 3.23. The van der Waals surface area contributed by atoms with Gasteiger partial charge in [0.1, 0.15) is 24.7 Å². The van der Waals surface area contributed by atoms with Gasteiger partial charge in [-0.1, -0.05) is 121 Å². The maximum Gasteiger partial charge on any atom is 0.344 e. The van der Waals surface area contributed by atoms with Gasteiger partial charge in [-0.25, -0.2) is 0 Å². The first-order chi connectivity index (χ1) is 27.3. The molecular weight excluding hydrogens is 701 g/mol. The monoisotopic (exact) mass is 744 g/mol. The van der Waals surface area contributed by atoms with Gasteiger partial charge in [0.25, 0.3) is 11.2 Å². The van der Waals surface area contributed by atoms with Crippen LogP contribution in [0.3, 0.4) is 0 Å². The molecule has 282 valence electrons. The van der Waals surface area contributed by atoms with Crippen LogP contribution in [0.1, 0.15) is 44.5 Å². The van der Waals surface area contributed by atoms with Crippen LogP contribution in [0.15, 0.2) is 146 Å². The summed E-state index contributed by atoms with van der Waals surface area (Å²) in [5.41, 5.74) is 6.47. The summed E-state index contributed by atoms with van der Waals surface area (Å²) in [7, 11) is 0. The molecule has 0 unspecified atom stereocenters. The lowest BCUT2D eigenvalue weighted by atomic mass is 9.87. The minimum absolute atomic E-state index is 0.182. The van der Waals surface area contributed by atoms with Crippen molar-refractivity contribution in [2.75, 3.05) is 26.4 Å². The average molecular weight is 745 g/mol. The van der Waals surface area contributed by atoms with Gasteiger partial charge in [0.2, 0.25) is 0 Å². The molecule has 56 heavy (non-hydrogen) atoms. The molecule has 0 aliphatic rings. The quantitative estimate of drug-likeness (QED) is 0.0768. The molecule has 0 aliphatic heterocycles. The minimum atomic E-state index is -1.28. The van der Waals surface area contributed by atoms with Gasteiger partial charge in [-0.15, -0.1) is 0 Å². The van der Waals surface area contributed by atoms with Crippen LogP contribution in [0.5, 0.6) is 11.5 Å². The SMILES string of the molecule is Cc1cc(-c2cc(C)c(OCCOC(C#[N+][O-])(c3ccccc3)c3ccccc3)c(C)c2)cc(C)c1OCCOC(C#[N+][O-])(c1ccccc1)c1ccccc1. The molecule has 0 spiro atoms. The zero-order valence-corrected chi connectivity index (χ0v) is 32.0. The molecule has 6 rings (SSSR count). The number of aryl methyl sites for hydroxylation is 4.